The van der Waals surface area contributed by atoms with Crippen molar-refractivity contribution in [1.82, 2.24) is 14.7 Å². The van der Waals surface area contributed by atoms with E-state index < -0.39 is 36.2 Å². The first-order valence-electron chi connectivity index (χ1n) is 11.1. The number of rotatable bonds is 3. The minimum Gasteiger partial charge on any atom is -0.481 e. The summed E-state index contributed by atoms with van der Waals surface area (Å²) in [5.41, 5.74) is 0.803. The number of carbonyl (C=O) groups excluding carboxylic acids is 1. The molecule has 1 amide bonds. The maximum Gasteiger partial charge on any atom is 0.490 e. The number of carbonyl (C=O) groups is 4. The molecule has 1 aromatic rings. The number of carboxylic acids is 3. The van der Waals surface area contributed by atoms with Crippen molar-refractivity contribution in [1.29, 1.82) is 0 Å². The van der Waals surface area contributed by atoms with E-state index in [-0.39, 0.29) is 24.2 Å². The molecule has 2 atom stereocenters. The van der Waals surface area contributed by atoms with Crippen molar-refractivity contribution >= 4 is 23.8 Å². The fourth-order valence-corrected chi connectivity index (χ4v) is 3.73. The van der Waals surface area contributed by atoms with Gasteiger partial charge in [-0.05, 0) is 24.7 Å². The molecule has 0 aliphatic carbocycles. The predicted octanol–water partition coefficient (Wildman–Crippen LogP) is 1.79. The minimum absolute atomic E-state index is 0.0351. The molecule has 0 bridgehead atoms. The van der Waals surface area contributed by atoms with Gasteiger partial charge in [0.15, 0.2) is 0 Å². The SMILES string of the molecule is CN1CC(C(=O)O)CN2CCN(C(=O)Cc3ccc(F)cc3)CC2C1.O=C(O)C(F)(F)F.O=C(O)C(F)(F)F. The molecular weight excluding hydrogens is 551 g/mol. The van der Waals surface area contributed by atoms with E-state index in [1.165, 1.54) is 12.1 Å². The van der Waals surface area contributed by atoms with Crippen LogP contribution in [-0.2, 0) is 25.6 Å². The Balaban J connectivity index is 0.000000449. The first-order valence-corrected chi connectivity index (χ1v) is 11.1. The summed E-state index contributed by atoms with van der Waals surface area (Å²) in [5.74, 6) is -6.94. The molecule has 3 N–H and O–H groups in total. The average molecular weight is 577 g/mol. The normalized spacial score (nSPS) is 20.3. The van der Waals surface area contributed by atoms with E-state index in [1.54, 1.807) is 12.1 Å². The topological polar surface area (TPSA) is 139 Å². The van der Waals surface area contributed by atoms with Crippen molar-refractivity contribution in [3.05, 3.63) is 35.6 Å². The van der Waals surface area contributed by atoms with E-state index in [1.807, 2.05) is 16.8 Å². The summed E-state index contributed by atoms with van der Waals surface area (Å²) >= 11 is 0. The number of hydrogen-bond acceptors (Lipinski definition) is 6. The summed E-state index contributed by atoms with van der Waals surface area (Å²) in [7, 11) is 1.93. The third-order valence-corrected chi connectivity index (χ3v) is 5.57. The second-order valence-corrected chi connectivity index (χ2v) is 8.65. The number of likely N-dealkylation sites (N-methyl/N-ethyl adjacent to an activating group) is 1. The van der Waals surface area contributed by atoms with Gasteiger partial charge in [0, 0.05) is 45.3 Å². The summed E-state index contributed by atoms with van der Waals surface area (Å²) in [5, 5.41) is 23.6. The van der Waals surface area contributed by atoms with Crippen LogP contribution in [0.3, 0.4) is 0 Å². The molecule has 2 saturated heterocycles. The van der Waals surface area contributed by atoms with Gasteiger partial charge in [0.2, 0.25) is 5.91 Å². The molecule has 2 heterocycles. The maximum absolute atomic E-state index is 13.0. The number of fused-ring (bicyclic) bond motifs is 1. The summed E-state index contributed by atoms with van der Waals surface area (Å²) < 4.78 is 76.5. The van der Waals surface area contributed by atoms with Crippen LogP contribution < -0.4 is 0 Å². The standard InChI is InChI=1S/C18H24FN3O3.2C2HF3O2/c1-20-9-14(18(24)25)10-21-6-7-22(12-16(21)11-20)17(23)8-13-2-4-15(19)5-3-13;2*3-2(4,5)1(6)7/h2-5,14,16H,6-12H2,1H3,(H,24,25);2*(H,6,7). The lowest BCUT2D eigenvalue weighted by atomic mass is 10.1. The van der Waals surface area contributed by atoms with Crippen LogP contribution >= 0.6 is 0 Å². The highest BCUT2D eigenvalue weighted by molar-refractivity contribution is 5.79. The average Bonchev–Trinajstić information content (AvgIpc) is 2.97. The van der Waals surface area contributed by atoms with Crippen LogP contribution in [0.15, 0.2) is 24.3 Å². The van der Waals surface area contributed by atoms with Crippen LogP contribution in [0.1, 0.15) is 5.56 Å². The lowest BCUT2D eigenvalue weighted by Crippen LogP contribution is -2.57. The van der Waals surface area contributed by atoms with Crippen molar-refractivity contribution < 1.29 is 65.2 Å². The Morgan fingerprint density at radius 3 is 1.74 bits per heavy atom. The molecular formula is C22H26F7N3O7. The fraction of sp³-hybridized carbons (Fsp3) is 0.545. The highest BCUT2D eigenvalue weighted by Gasteiger charge is 2.39. The Morgan fingerprint density at radius 1 is 0.821 bits per heavy atom. The van der Waals surface area contributed by atoms with E-state index >= 15 is 0 Å². The highest BCUT2D eigenvalue weighted by atomic mass is 19.4. The van der Waals surface area contributed by atoms with Crippen molar-refractivity contribution in [3.8, 4) is 0 Å². The number of benzene rings is 1. The summed E-state index contributed by atoms with van der Waals surface area (Å²) in [6.07, 6.45) is -9.90. The number of aliphatic carboxylic acids is 3. The third kappa shape index (κ3) is 11.8. The van der Waals surface area contributed by atoms with Gasteiger partial charge < -0.3 is 25.1 Å². The Hall–Kier alpha value is -3.47. The van der Waals surface area contributed by atoms with E-state index in [0.29, 0.717) is 32.7 Å². The van der Waals surface area contributed by atoms with Crippen molar-refractivity contribution in [2.75, 3.05) is 46.3 Å². The van der Waals surface area contributed by atoms with Gasteiger partial charge in [-0.3, -0.25) is 14.5 Å². The molecule has 2 aliphatic heterocycles. The number of nitrogens with zero attached hydrogens (tertiary/aromatic N) is 3. The molecule has 17 heteroatoms. The van der Waals surface area contributed by atoms with Gasteiger partial charge in [-0.25, -0.2) is 14.0 Å². The second-order valence-electron chi connectivity index (χ2n) is 8.65. The summed E-state index contributed by atoms with van der Waals surface area (Å²) in [6.45, 7) is 3.72. The molecule has 1 aromatic carbocycles. The van der Waals surface area contributed by atoms with Gasteiger partial charge in [0.25, 0.3) is 0 Å². The van der Waals surface area contributed by atoms with Gasteiger partial charge in [-0.1, -0.05) is 12.1 Å². The fourth-order valence-electron chi connectivity index (χ4n) is 3.73. The summed E-state index contributed by atoms with van der Waals surface area (Å²) in [4.78, 5) is 47.8. The van der Waals surface area contributed by atoms with E-state index in [9.17, 15) is 45.4 Å². The summed E-state index contributed by atoms with van der Waals surface area (Å²) in [6, 6.07) is 6.17. The Labute approximate surface area is 217 Å². The number of alkyl halides is 6. The van der Waals surface area contributed by atoms with Crippen LogP contribution in [0.25, 0.3) is 0 Å². The van der Waals surface area contributed by atoms with Crippen LogP contribution in [0.5, 0.6) is 0 Å². The zero-order valence-corrected chi connectivity index (χ0v) is 20.4. The smallest absolute Gasteiger partial charge is 0.481 e. The third-order valence-electron chi connectivity index (χ3n) is 5.57. The predicted molar refractivity (Wildman–Crippen MR) is 118 cm³/mol. The van der Waals surface area contributed by atoms with Crippen molar-refractivity contribution in [3.63, 3.8) is 0 Å². The number of amides is 1. The molecule has 10 nitrogen and oxygen atoms in total. The number of halogens is 7. The second kappa shape index (κ2) is 14.1. The number of hydrogen-bond donors (Lipinski definition) is 3. The molecule has 0 saturated carbocycles. The van der Waals surface area contributed by atoms with Gasteiger partial charge >= 0.3 is 30.3 Å². The van der Waals surface area contributed by atoms with E-state index in [4.69, 9.17) is 19.8 Å². The largest absolute Gasteiger partial charge is 0.490 e. The molecule has 2 fully saturated rings. The Kier molecular flexibility index (Phi) is 12.1. The van der Waals surface area contributed by atoms with Gasteiger partial charge in [0.05, 0.1) is 12.3 Å². The first kappa shape index (κ1) is 33.6. The Morgan fingerprint density at radius 2 is 1.31 bits per heavy atom. The van der Waals surface area contributed by atoms with Crippen LogP contribution in [0, 0.1) is 11.7 Å². The zero-order chi connectivity index (χ0) is 30.1. The maximum atomic E-state index is 13.0. The number of carboxylic acid groups (broad SMARTS) is 3. The van der Waals surface area contributed by atoms with Crippen molar-refractivity contribution in [2.24, 2.45) is 5.92 Å². The molecule has 2 aliphatic rings. The molecule has 0 radical (unpaired) electrons. The lowest BCUT2D eigenvalue weighted by Gasteiger charge is -2.41. The van der Waals surface area contributed by atoms with Gasteiger partial charge in [-0.2, -0.15) is 26.3 Å². The monoisotopic (exact) mass is 577 g/mol. The molecule has 39 heavy (non-hydrogen) atoms. The van der Waals surface area contributed by atoms with Crippen LogP contribution in [-0.4, -0.2) is 119 Å². The first-order chi connectivity index (χ1) is 17.8. The van der Waals surface area contributed by atoms with E-state index in [0.717, 1.165) is 12.1 Å². The highest BCUT2D eigenvalue weighted by Crippen LogP contribution is 2.19. The van der Waals surface area contributed by atoms with Gasteiger partial charge in [-0.15, -0.1) is 0 Å². The van der Waals surface area contributed by atoms with E-state index in [2.05, 4.69) is 4.90 Å². The van der Waals surface area contributed by atoms with Gasteiger partial charge in [0.1, 0.15) is 5.82 Å². The minimum atomic E-state index is -5.08. The quantitative estimate of drug-likeness (QED) is 0.459. The van der Waals surface area contributed by atoms with Crippen LogP contribution in [0.4, 0.5) is 30.7 Å². The molecule has 0 spiro atoms. The van der Waals surface area contributed by atoms with Crippen molar-refractivity contribution in [2.45, 2.75) is 24.8 Å². The molecule has 220 valence electrons. The van der Waals surface area contributed by atoms with Crippen LogP contribution in [0.2, 0.25) is 0 Å². The molecule has 3 rings (SSSR count). The zero-order valence-electron chi connectivity index (χ0n) is 20.4. The number of piperazine rings is 1. The molecule has 2 unspecified atom stereocenters. The lowest BCUT2D eigenvalue weighted by molar-refractivity contribution is -0.193. The molecule has 0 aromatic heterocycles. The Bertz CT molecular complexity index is 979.